The Bertz CT molecular complexity index is 488. The Morgan fingerprint density at radius 2 is 1.94 bits per heavy atom. The second-order valence-electron chi connectivity index (χ2n) is 3.83. The molecular formula is C12H13Cl2N3. The molecule has 1 N–H and O–H groups in total. The van der Waals surface area contributed by atoms with E-state index in [4.69, 9.17) is 23.2 Å². The minimum Gasteiger partial charge on any atom is -0.308 e. The molecule has 2 rings (SSSR count). The summed E-state index contributed by atoms with van der Waals surface area (Å²) in [6.45, 7) is 1.39. The molecule has 0 aliphatic carbocycles. The monoisotopic (exact) mass is 269 g/mol. The average molecular weight is 270 g/mol. The number of hydrogen-bond donors (Lipinski definition) is 1. The van der Waals surface area contributed by atoms with Crippen LogP contribution in [0, 0.1) is 0 Å². The van der Waals surface area contributed by atoms with Crippen molar-refractivity contribution in [3.63, 3.8) is 0 Å². The molecule has 17 heavy (non-hydrogen) atoms. The molecule has 0 atom stereocenters. The quantitative estimate of drug-likeness (QED) is 0.925. The van der Waals surface area contributed by atoms with Crippen LogP contribution in [0.3, 0.4) is 0 Å². The summed E-state index contributed by atoms with van der Waals surface area (Å²) >= 11 is 12.1. The number of rotatable bonds is 4. The van der Waals surface area contributed by atoms with Gasteiger partial charge in [0.15, 0.2) is 0 Å². The van der Waals surface area contributed by atoms with Gasteiger partial charge >= 0.3 is 0 Å². The van der Waals surface area contributed by atoms with Crippen molar-refractivity contribution in [2.45, 2.75) is 13.1 Å². The van der Waals surface area contributed by atoms with Gasteiger partial charge in [-0.25, -0.2) is 0 Å². The van der Waals surface area contributed by atoms with Gasteiger partial charge in [0.1, 0.15) is 0 Å². The largest absolute Gasteiger partial charge is 0.308 e. The van der Waals surface area contributed by atoms with Crippen molar-refractivity contribution in [2.75, 3.05) is 0 Å². The van der Waals surface area contributed by atoms with Gasteiger partial charge in [-0.05, 0) is 12.1 Å². The third-order valence-corrected chi connectivity index (χ3v) is 3.16. The number of nitrogens with zero attached hydrogens (tertiary/aromatic N) is 2. The molecule has 0 saturated heterocycles. The predicted molar refractivity (Wildman–Crippen MR) is 70.2 cm³/mol. The van der Waals surface area contributed by atoms with E-state index in [0.717, 1.165) is 17.7 Å². The van der Waals surface area contributed by atoms with E-state index >= 15 is 0 Å². The first-order chi connectivity index (χ1) is 8.16. The molecule has 0 amide bonds. The van der Waals surface area contributed by atoms with E-state index in [1.165, 1.54) is 0 Å². The summed E-state index contributed by atoms with van der Waals surface area (Å²) in [5, 5.41) is 8.77. The highest BCUT2D eigenvalue weighted by atomic mass is 35.5. The Hall–Kier alpha value is -1.03. The maximum Gasteiger partial charge on any atom is 0.0534 e. The highest BCUT2D eigenvalue weighted by molar-refractivity contribution is 6.35. The molecule has 0 fully saturated rings. The van der Waals surface area contributed by atoms with Crippen LogP contribution < -0.4 is 5.32 Å². The second kappa shape index (κ2) is 5.54. The topological polar surface area (TPSA) is 29.9 Å². The van der Waals surface area contributed by atoms with Crippen molar-refractivity contribution >= 4 is 23.2 Å². The summed E-state index contributed by atoms with van der Waals surface area (Å²) in [7, 11) is 1.90. The number of aromatic nitrogens is 2. The van der Waals surface area contributed by atoms with E-state index < -0.39 is 0 Å². The fourth-order valence-electron chi connectivity index (χ4n) is 1.60. The first-order valence-corrected chi connectivity index (χ1v) is 6.03. The van der Waals surface area contributed by atoms with E-state index in [0.29, 0.717) is 16.6 Å². The third-order valence-electron chi connectivity index (χ3n) is 2.45. The molecule has 3 nitrogen and oxygen atoms in total. The Kier molecular flexibility index (Phi) is 4.05. The molecule has 90 valence electrons. The molecule has 0 saturated carbocycles. The van der Waals surface area contributed by atoms with Crippen molar-refractivity contribution < 1.29 is 0 Å². The highest BCUT2D eigenvalue weighted by Gasteiger charge is 2.04. The van der Waals surface area contributed by atoms with Gasteiger partial charge in [-0.3, -0.25) is 4.68 Å². The Morgan fingerprint density at radius 3 is 2.53 bits per heavy atom. The first-order valence-electron chi connectivity index (χ1n) is 5.28. The summed E-state index contributed by atoms with van der Waals surface area (Å²) in [6.07, 6.45) is 3.81. The molecule has 5 heteroatoms. The molecule has 1 heterocycles. The van der Waals surface area contributed by atoms with Crippen molar-refractivity contribution in [2.24, 2.45) is 7.05 Å². The zero-order valence-electron chi connectivity index (χ0n) is 9.45. The van der Waals surface area contributed by atoms with Gasteiger partial charge < -0.3 is 5.32 Å². The zero-order chi connectivity index (χ0) is 12.3. The summed E-state index contributed by atoms with van der Waals surface area (Å²) in [5.74, 6) is 0. The molecule has 0 spiro atoms. The van der Waals surface area contributed by atoms with Gasteiger partial charge in [0.2, 0.25) is 0 Å². The van der Waals surface area contributed by atoms with Crippen molar-refractivity contribution in [3.8, 4) is 0 Å². The van der Waals surface area contributed by atoms with Gasteiger partial charge in [-0.2, -0.15) is 5.10 Å². The molecule has 1 aromatic heterocycles. The number of halogens is 2. The SMILES string of the molecule is Cn1cc(CNCc2c(Cl)cccc2Cl)cn1. The standard InChI is InChI=1S/C12H13Cl2N3/c1-17-8-9(6-16-17)5-15-7-10-11(13)3-2-4-12(10)14/h2-4,6,8,15H,5,7H2,1H3. The van der Waals surface area contributed by atoms with Crippen LogP contribution in [0.4, 0.5) is 0 Å². The molecule has 2 aromatic rings. The third kappa shape index (κ3) is 3.22. The zero-order valence-corrected chi connectivity index (χ0v) is 11.0. The minimum absolute atomic E-state index is 0.646. The van der Waals surface area contributed by atoms with Crippen LogP contribution in [0.2, 0.25) is 10.0 Å². The van der Waals surface area contributed by atoms with Gasteiger partial charge in [0.05, 0.1) is 6.20 Å². The fourth-order valence-corrected chi connectivity index (χ4v) is 2.13. The van der Waals surface area contributed by atoms with Crippen LogP contribution in [-0.4, -0.2) is 9.78 Å². The Morgan fingerprint density at radius 1 is 1.24 bits per heavy atom. The summed E-state index contributed by atoms with van der Waals surface area (Å²) in [5.41, 5.74) is 2.07. The number of nitrogens with one attached hydrogen (secondary N) is 1. The maximum atomic E-state index is 6.07. The first kappa shape index (κ1) is 12.4. The lowest BCUT2D eigenvalue weighted by molar-refractivity contribution is 0.692. The van der Waals surface area contributed by atoms with Crippen LogP contribution in [0.5, 0.6) is 0 Å². The molecule has 0 aliphatic rings. The molecule has 0 bridgehead atoms. The Balaban J connectivity index is 1.94. The molecule has 0 unspecified atom stereocenters. The smallest absolute Gasteiger partial charge is 0.0534 e. The van der Waals surface area contributed by atoms with Crippen LogP contribution >= 0.6 is 23.2 Å². The van der Waals surface area contributed by atoms with E-state index in [1.54, 1.807) is 4.68 Å². The van der Waals surface area contributed by atoms with Crippen LogP contribution in [-0.2, 0) is 20.1 Å². The predicted octanol–water partition coefficient (Wildman–Crippen LogP) is 3.02. The molecule has 0 radical (unpaired) electrons. The van der Waals surface area contributed by atoms with Crippen molar-refractivity contribution in [3.05, 3.63) is 51.8 Å². The van der Waals surface area contributed by atoms with Gasteiger partial charge in [0.25, 0.3) is 0 Å². The van der Waals surface area contributed by atoms with E-state index in [2.05, 4.69) is 10.4 Å². The van der Waals surface area contributed by atoms with Gasteiger partial charge in [-0.15, -0.1) is 0 Å². The van der Waals surface area contributed by atoms with Crippen LogP contribution in [0.15, 0.2) is 30.6 Å². The average Bonchev–Trinajstić information content (AvgIpc) is 2.69. The summed E-state index contributed by atoms with van der Waals surface area (Å²) < 4.78 is 1.78. The lowest BCUT2D eigenvalue weighted by Crippen LogP contribution is -2.12. The fraction of sp³-hybridized carbons (Fsp3) is 0.250. The number of aryl methyl sites for hydroxylation is 1. The number of benzene rings is 1. The van der Waals surface area contributed by atoms with Gasteiger partial charge in [0, 0.05) is 47.5 Å². The maximum absolute atomic E-state index is 6.07. The summed E-state index contributed by atoms with van der Waals surface area (Å²) in [6, 6.07) is 5.53. The lowest BCUT2D eigenvalue weighted by atomic mass is 10.2. The van der Waals surface area contributed by atoms with E-state index in [9.17, 15) is 0 Å². The van der Waals surface area contributed by atoms with Gasteiger partial charge in [-0.1, -0.05) is 29.3 Å². The van der Waals surface area contributed by atoms with E-state index in [1.807, 2.05) is 37.6 Å². The number of hydrogen-bond acceptors (Lipinski definition) is 2. The second-order valence-corrected chi connectivity index (χ2v) is 4.64. The molecule has 1 aromatic carbocycles. The van der Waals surface area contributed by atoms with E-state index in [-0.39, 0.29) is 0 Å². The Labute approximate surface area is 110 Å². The highest BCUT2D eigenvalue weighted by Crippen LogP contribution is 2.23. The van der Waals surface area contributed by atoms with Crippen molar-refractivity contribution in [1.29, 1.82) is 0 Å². The van der Waals surface area contributed by atoms with Crippen LogP contribution in [0.1, 0.15) is 11.1 Å². The minimum atomic E-state index is 0.646. The van der Waals surface area contributed by atoms with Crippen LogP contribution in [0.25, 0.3) is 0 Å². The molecule has 0 aliphatic heterocycles. The summed E-state index contributed by atoms with van der Waals surface area (Å²) in [4.78, 5) is 0. The van der Waals surface area contributed by atoms with Crippen molar-refractivity contribution in [1.82, 2.24) is 15.1 Å². The normalized spacial score (nSPS) is 10.8. The molecular weight excluding hydrogens is 257 g/mol. The lowest BCUT2D eigenvalue weighted by Gasteiger charge is -2.07.